The summed E-state index contributed by atoms with van der Waals surface area (Å²) in [6.45, 7) is 0.415. The van der Waals surface area contributed by atoms with Gasteiger partial charge in [-0.25, -0.2) is 4.39 Å². The highest BCUT2D eigenvalue weighted by Crippen LogP contribution is 2.37. The zero-order chi connectivity index (χ0) is 12.3. The molecular weight excluding hydrogens is 249 g/mol. The van der Waals surface area contributed by atoms with Gasteiger partial charge < -0.3 is 4.90 Å². The van der Waals surface area contributed by atoms with E-state index in [1.165, 1.54) is 0 Å². The maximum atomic E-state index is 15.0. The molecule has 0 spiro atoms. The normalized spacial score (nSPS) is 22.6. The van der Waals surface area contributed by atoms with Gasteiger partial charge in [-0.2, -0.15) is 0 Å². The number of benzene rings is 1. The SMILES string of the molecule is CN(C)CC1(F)CC=CC=C1c1ccccc1.Cl. The summed E-state index contributed by atoms with van der Waals surface area (Å²) >= 11 is 0. The molecule has 1 atom stereocenters. The third kappa shape index (κ3) is 3.21. The Morgan fingerprint density at radius 3 is 2.50 bits per heavy atom. The molecule has 3 heteroatoms. The van der Waals surface area contributed by atoms with Crippen molar-refractivity contribution in [3.05, 3.63) is 54.1 Å². The fourth-order valence-electron chi connectivity index (χ4n) is 2.30. The van der Waals surface area contributed by atoms with Gasteiger partial charge in [0, 0.05) is 13.0 Å². The molecule has 0 fully saturated rings. The summed E-state index contributed by atoms with van der Waals surface area (Å²) in [5.74, 6) is 0. The van der Waals surface area contributed by atoms with Crippen molar-refractivity contribution in [3.63, 3.8) is 0 Å². The molecule has 1 nitrogen and oxygen atoms in total. The van der Waals surface area contributed by atoms with Crippen LogP contribution in [0.4, 0.5) is 4.39 Å². The molecule has 1 aromatic rings. The van der Waals surface area contributed by atoms with E-state index in [1.807, 2.05) is 67.6 Å². The van der Waals surface area contributed by atoms with E-state index in [2.05, 4.69) is 0 Å². The van der Waals surface area contributed by atoms with E-state index in [1.54, 1.807) is 0 Å². The summed E-state index contributed by atoms with van der Waals surface area (Å²) in [7, 11) is 3.81. The van der Waals surface area contributed by atoms with E-state index >= 15 is 4.39 Å². The lowest BCUT2D eigenvalue weighted by molar-refractivity contribution is 0.181. The Labute approximate surface area is 114 Å². The predicted molar refractivity (Wildman–Crippen MR) is 77.8 cm³/mol. The summed E-state index contributed by atoms with van der Waals surface area (Å²) in [6, 6.07) is 9.79. The number of rotatable bonds is 3. The zero-order valence-electron chi connectivity index (χ0n) is 10.8. The van der Waals surface area contributed by atoms with Crippen LogP contribution in [0.15, 0.2) is 48.6 Å². The molecule has 1 aliphatic rings. The van der Waals surface area contributed by atoms with Gasteiger partial charge in [-0.3, -0.25) is 0 Å². The van der Waals surface area contributed by atoms with E-state index in [0.29, 0.717) is 13.0 Å². The summed E-state index contributed by atoms with van der Waals surface area (Å²) in [6.07, 6.45) is 6.18. The van der Waals surface area contributed by atoms with Crippen LogP contribution in [-0.4, -0.2) is 31.2 Å². The number of hydrogen-bond donors (Lipinski definition) is 0. The second-order valence-corrected chi connectivity index (χ2v) is 4.78. The Morgan fingerprint density at radius 2 is 1.89 bits per heavy atom. The first kappa shape index (κ1) is 14.9. The molecule has 18 heavy (non-hydrogen) atoms. The number of allylic oxidation sites excluding steroid dienone is 3. The molecule has 0 bridgehead atoms. The Balaban J connectivity index is 0.00000162. The molecule has 1 unspecified atom stereocenters. The van der Waals surface area contributed by atoms with Gasteiger partial charge in [0.15, 0.2) is 5.67 Å². The van der Waals surface area contributed by atoms with Crippen molar-refractivity contribution in [2.24, 2.45) is 0 Å². The van der Waals surface area contributed by atoms with Gasteiger partial charge >= 0.3 is 0 Å². The van der Waals surface area contributed by atoms with Gasteiger partial charge in [0.2, 0.25) is 0 Å². The van der Waals surface area contributed by atoms with Crippen LogP contribution in [-0.2, 0) is 0 Å². The van der Waals surface area contributed by atoms with Gasteiger partial charge in [0.25, 0.3) is 0 Å². The minimum atomic E-state index is -1.28. The zero-order valence-corrected chi connectivity index (χ0v) is 11.6. The highest BCUT2D eigenvalue weighted by Gasteiger charge is 2.35. The molecule has 98 valence electrons. The van der Waals surface area contributed by atoms with Crippen LogP contribution in [0, 0.1) is 0 Å². The smallest absolute Gasteiger partial charge is 0.152 e. The van der Waals surface area contributed by atoms with Crippen LogP contribution < -0.4 is 0 Å². The predicted octanol–water partition coefficient (Wildman–Crippen LogP) is 3.72. The van der Waals surface area contributed by atoms with Crippen LogP contribution in [0.2, 0.25) is 0 Å². The maximum absolute atomic E-state index is 15.0. The van der Waals surface area contributed by atoms with Crippen molar-refractivity contribution >= 4 is 18.0 Å². The molecule has 0 heterocycles. The van der Waals surface area contributed by atoms with E-state index in [0.717, 1.165) is 11.1 Å². The number of hydrogen-bond acceptors (Lipinski definition) is 1. The summed E-state index contributed by atoms with van der Waals surface area (Å²) in [5, 5.41) is 0. The molecule has 0 aromatic heterocycles. The first-order valence-electron chi connectivity index (χ1n) is 5.88. The minimum Gasteiger partial charge on any atom is -0.306 e. The van der Waals surface area contributed by atoms with Crippen molar-refractivity contribution in [3.8, 4) is 0 Å². The molecule has 1 aromatic carbocycles. The molecule has 0 N–H and O–H groups in total. The average molecular weight is 268 g/mol. The molecule has 0 radical (unpaired) electrons. The number of alkyl halides is 1. The monoisotopic (exact) mass is 267 g/mol. The Bertz CT molecular complexity index is 439. The second-order valence-electron chi connectivity index (χ2n) is 4.78. The summed E-state index contributed by atoms with van der Waals surface area (Å²) in [5.41, 5.74) is 0.482. The molecule has 2 rings (SSSR count). The van der Waals surface area contributed by atoms with Crippen LogP contribution >= 0.6 is 12.4 Å². The fraction of sp³-hybridized carbons (Fsp3) is 0.333. The fourth-order valence-corrected chi connectivity index (χ4v) is 2.30. The minimum absolute atomic E-state index is 0. The Morgan fingerprint density at radius 1 is 1.22 bits per heavy atom. The standard InChI is InChI=1S/C15H18FN.ClH/c1-17(2)12-15(16)11-7-6-10-14(15)13-8-4-3-5-9-13;/h3-10H,11-12H2,1-2H3;1H. The molecular formula is C15H19ClFN. The van der Waals surface area contributed by atoms with Crippen LogP contribution in [0.1, 0.15) is 12.0 Å². The van der Waals surface area contributed by atoms with Crippen LogP contribution in [0.5, 0.6) is 0 Å². The van der Waals surface area contributed by atoms with Crippen molar-refractivity contribution in [2.75, 3.05) is 20.6 Å². The summed E-state index contributed by atoms with van der Waals surface area (Å²) in [4.78, 5) is 1.90. The first-order valence-corrected chi connectivity index (χ1v) is 5.88. The van der Waals surface area contributed by atoms with Crippen LogP contribution in [0.25, 0.3) is 5.57 Å². The van der Waals surface area contributed by atoms with Gasteiger partial charge in [-0.1, -0.05) is 48.6 Å². The lowest BCUT2D eigenvalue weighted by Crippen LogP contribution is -2.37. The van der Waals surface area contributed by atoms with E-state index in [9.17, 15) is 0 Å². The van der Waals surface area contributed by atoms with Crippen molar-refractivity contribution in [1.29, 1.82) is 0 Å². The Hall–Kier alpha value is -1.12. The lowest BCUT2D eigenvalue weighted by atomic mass is 9.83. The van der Waals surface area contributed by atoms with Gasteiger partial charge in [-0.05, 0) is 25.2 Å². The highest BCUT2D eigenvalue weighted by atomic mass is 35.5. The van der Waals surface area contributed by atoms with Gasteiger partial charge in [-0.15, -0.1) is 12.4 Å². The quantitative estimate of drug-likeness (QED) is 0.807. The molecule has 0 saturated heterocycles. The Kier molecular flexibility index (Phi) is 5.12. The van der Waals surface area contributed by atoms with E-state index in [-0.39, 0.29) is 12.4 Å². The highest BCUT2D eigenvalue weighted by molar-refractivity contribution is 5.85. The molecule has 0 saturated carbocycles. The number of nitrogens with zero attached hydrogens (tertiary/aromatic N) is 1. The maximum Gasteiger partial charge on any atom is 0.152 e. The van der Waals surface area contributed by atoms with E-state index < -0.39 is 5.67 Å². The topological polar surface area (TPSA) is 3.24 Å². The van der Waals surface area contributed by atoms with Gasteiger partial charge in [0.05, 0.1) is 0 Å². The van der Waals surface area contributed by atoms with Crippen molar-refractivity contribution < 1.29 is 4.39 Å². The average Bonchev–Trinajstić information content (AvgIpc) is 2.29. The van der Waals surface area contributed by atoms with Gasteiger partial charge in [0.1, 0.15) is 0 Å². The second kappa shape index (κ2) is 6.17. The molecule has 1 aliphatic carbocycles. The third-order valence-corrected chi connectivity index (χ3v) is 2.97. The largest absolute Gasteiger partial charge is 0.306 e. The third-order valence-electron chi connectivity index (χ3n) is 2.97. The van der Waals surface area contributed by atoms with Crippen molar-refractivity contribution in [1.82, 2.24) is 4.90 Å². The van der Waals surface area contributed by atoms with Crippen LogP contribution in [0.3, 0.4) is 0 Å². The van der Waals surface area contributed by atoms with E-state index in [4.69, 9.17) is 0 Å². The molecule has 0 aliphatic heterocycles. The van der Waals surface area contributed by atoms with Crippen molar-refractivity contribution in [2.45, 2.75) is 12.1 Å². The summed E-state index contributed by atoms with van der Waals surface area (Å²) < 4.78 is 15.0. The first-order chi connectivity index (χ1) is 8.12. The number of halogens is 2. The lowest BCUT2D eigenvalue weighted by Gasteiger charge is -2.32. The molecule has 0 amide bonds.